The molecule has 0 aromatic carbocycles. The first-order valence-corrected chi connectivity index (χ1v) is 4.01. The predicted molar refractivity (Wildman–Crippen MR) is 47.8 cm³/mol. The van der Waals surface area contributed by atoms with Crippen LogP contribution in [0.4, 0.5) is 0 Å². The lowest BCUT2D eigenvalue weighted by molar-refractivity contribution is 0.324. The molecule has 3 heteroatoms. The number of hydrogen-bond acceptors (Lipinski definition) is 2. The van der Waals surface area contributed by atoms with Crippen molar-refractivity contribution in [2.45, 2.75) is 25.3 Å². The maximum atomic E-state index is 6.00. The molecule has 0 bridgehead atoms. The fourth-order valence-corrected chi connectivity index (χ4v) is 1.39. The third-order valence-electron chi connectivity index (χ3n) is 2.28. The van der Waals surface area contributed by atoms with Gasteiger partial charge in [-0.15, -0.1) is 0 Å². The van der Waals surface area contributed by atoms with Crippen LogP contribution in [0.5, 0.6) is 0 Å². The monoisotopic (exact) mass is 155 g/mol. The van der Waals surface area contributed by atoms with Crippen molar-refractivity contribution in [3.8, 4) is 0 Å². The number of piperidine rings is 1. The van der Waals surface area contributed by atoms with Gasteiger partial charge in [-0.05, 0) is 13.3 Å². The lowest BCUT2D eigenvalue weighted by atomic mass is 9.90. The third-order valence-corrected chi connectivity index (χ3v) is 2.28. The number of aliphatic imine (C=N–C) groups is 1. The van der Waals surface area contributed by atoms with Gasteiger partial charge in [-0.2, -0.15) is 0 Å². The highest BCUT2D eigenvalue weighted by Crippen LogP contribution is 2.19. The van der Waals surface area contributed by atoms with E-state index in [9.17, 15) is 0 Å². The Kier molecular flexibility index (Phi) is 2.18. The van der Waals surface area contributed by atoms with Crippen LogP contribution in [-0.2, 0) is 0 Å². The zero-order valence-corrected chi connectivity index (χ0v) is 7.59. The van der Waals surface area contributed by atoms with Gasteiger partial charge in [-0.25, -0.2) is 0 Å². The van der Waals surface area contributed by atoms with E-state index in [0.29, 0.717) is 0 Å². The normalized spacial score (nSPS) is 36.4. The van der Waals surface area contributed by atoms with Crippen molar-refractivity contribution < 1.29 is 0 Å². The summed E-state index contributed by atoms with van der Waals surface area (Å²) in [5, 5.41) is 0. The summed E-state index contributed by atoms with van der Waals surface area (Å²) in [6.45, 7) is 3.12. The molecule has 1 saturated heterocycles. The Bertz CT molecular complexity index is 172. The summed E-state index contributed by atoms with van der Waals surface area (Å²) in [5.41, 5.74) is 5.96. The van der Waals surface area contributed by atoms with Gasteiger partial charge < -0.3 is 10.6 Å². The Hall–Kier alpha value is -0.570. The first kappa shape index (κ1) is 8.53. The zero-order chi connectivity index (χ0) is 8.48. The average molecular weight is 155 g/mol. The van der Waals surface area contributed by atoms with Gasteiger partial charge in [0.25, 0.3) is 0 Å². The molecular weight excluding hydrogens is 138 g/mol. The molecule has 1 fully saturated rings. The molecule has 11 heavy (non-hydrogen) atoms. The van der Waals surface area contributed by atoms with Crippen LogP contribution in [0.25, 0.3) is 0 Å². The number of rotatable bonds is 0. The van der Waals surface area contributed by atoms with E-state index in [1.54, 1.807) is 0 Å². The molecule has 0 amide bonds. The summed E-state index contributed by atoms with van der Waals surface area (Å²) in [7, 11) is 3.89. The smallest absolute Gasteiger partial charge is 0.100 e. The fraction of sp³-hybridized carbons (Fsp3) is 0.875. The largest absolute Gasteiger partial charge is 0.363 e. The molecule has 1 heterocycles. The number of likely N-dealkylation sites (tertiary alicyclic amines) is 1. The molecule has 64 valence electrons. The van der Waals surface area contributed by atoms with Gasteiger partial charge in [-0.3, -0.25) is 4.99 Å². The second kappa shape index (κ2) is 2.81. The summed E-state index contributed by atoms with van der Waals surface area (Å²) >= 11 is 0. The second-order valence-corrected chi connectivity index (χ2v) is 3.64. The molecule has 0 aromatic heterocycles. The highest BCUT2D eigenvalue weighted by Gasteiger charge is 2.27. The Morgan fingerprint density at radius 2 is 2.27 bits per heavy atom. The minimum Gasteiger partial charge on any atom is -0.363 e. The fourth-order valence-electron chi connectivity index (χ4n) is 1.39. The van der Waals surface area contributed by atoms with Gasteiger partial charge in [-0.1, -0.05) is 0 Å². The van der Waals surface area contributed by atoms with E-state index in [1.807, 2.05) is 7.05 Å². The maximum Gasteiger partial charge on any atom is 0.100 e. The molecular formula is C8H17N3. The second-order valence-electron chi connectivity index (χ2n) is 3.64. The van der Waals surface area contributed by atoms with Crippen molar-refractivity contribution >= 4 is 5.84 Å². The van der Waals surface area contributed by atoms with E-state index in [1.165, 1.54) is 0 Å². The standard InChI is InChI=1S/C8H17N3/c1-8(9)4-5-11(3)7(6-8)10-2/h4-6,9H2,1-3H3/b10-7+. The Morgan fingerprint density at radius 1 is 1.64 bits per heavy atom. The van der Waals surface area contributed by atoms with Gasteiger partial charge in [0.05, 0.1) is 0 Å². The van der Waals surface area contributed by atoms with Crippen LogP contribution < -0.4 is 5.73 Å². The van der Waals surface area contributed by atoms with E-state index in [0.717, 1.165) is 25.2 Å². The van der Waals surface area contributed by atoms with Crippen molar-refractivity contribution in [3.63, 3.8) is 0 Å². The SMILES string of the molecule is C/N=C1\CC(C)(N)CCN1C. The van der Waals surface area contributed by atoms with Gasteiger partial charge in [0.15, 0.2) is 0 Å². The van der Waals surface area contributed by atoms with Crippen molar-refractivity contribution in [1.82, 2.24) is 4.90 Å². The molecule has 1 aliphatic heterocycles. The van der Waals surface area contributed by atoms with Crippen LogP contribution in [0, 0.1) is 0 Å². The van der Waals surface area contributed by atoms with Gasteiger partial charge >= 0.3 is 0 Å². The van der Waals surface area contributed by atoms with Crippen LogP contribution in [0.15, 0.2) is 4.99 Å². The summed E-state index contributed by atoms with van der Waals surface area (Å²) in [6, 6.07) is 0. The van der Waals surface area contributed by atoms with Crippen molar-refractivity contribution in [3.05, 3.63) is 0 Å². The molecule has 0 saturated carbocycles. The van der Waals surface area contributed by atoms with Crippen molar-refractivity contribution in [2.75, 3.05) is 20.6 Å². The molecule has 3 nitrogen and oxygen atoms in total. The summed E-state index contributed by atoms with van der Waals surface area (Å²) in [4.78, 5) is 6.36. The molecule has 1 aliphatic rings. The number of amidine groups is 1. The highest BCUT2D eigenvalue weighted by molar-refractivity contribution is 5.83. The molecule has 0 aromatic rings. The van der Waals surface area contributed by atoms with E-state index in [4.69, 9.17) is 5.73 Å². The first-order valence-electron chi connectivity index (χ1n) is 4.01. The van der Waals surface area contributed by atoms with Crippen LogP contribution >= 0.6 is 0 Å². The first-order chi connectivity index (χ1) is 5.05. The molecule has 0 radical (unpaired) electrons. The molecule has 0 spiro atoms. The number of nitrogens with zero attached hydrogens (tertiary/aromatic N) is 2. The van der Waals surface area contributed by atoms with Gasteiger partial charge in [0, 0.05) is 32.6 Å². The minimum absolute atomic E-state index is 0.0403. The number of nitrogens with two attached hydrogens (primary N) is 1. The molecule has 1 unspecified atom stereocenters. The Morgan fingerprint density at radius 3 is 2.73 bits per heavy atom. The van der Waals surface area contributed by atoms with Gasteiger partial charge in [0.1, 0.15) is 5.84 Å². The topological polar surface area (TPSA) is 41.6 Å². The minimum atomic E-state index is -0.0403. The maximum absolute atomic E-state index is 6.00. The summed E-state index contributed by atoms with van der Waals surface area (Å²) in [5.74, 6) is 1.13. The lowest BCUT2D eigenvalue weighted by Gasteiger charge is -2.36. The molecule has 0 aliphatic carbocycles. The number of hydrogen-bond donors (Lipinski definition) is 1. The van der Waals surface area contributed by atoms with Crippen LogP contribution in [0.1, 0.15) is 19.8 Å². The summed E-state index contributed by atoms with van der Waals surface area (Å²) in [6.07, 6.45) is 1.96. The van der Waals surface area contributed by atoms with Crippen LogP contribution in [-0.4, -0.2) is 36.9 Å². The van der Waals surface area contributed by atoms with E-state index < -0.39 is 0 Å². The zero-order valence-electron chi connectivity index (χ0n) is 7.59. The Labute approximate surface area is 68.3 Å². The van der Waals surface area contributed by atoms with Crippen LogP contribution in [0.3, 0.4) is 0 Å². The molecule has 1 atom stereocenters. The molecule has 2 N–H and O–H groups in total. The average Bonchev–Trinajstić information content (AvgIpc) is 1.94. The molecule has 1 rings (SSSR count). The predicted octanol–water partition coefficient (Wildman–Crippen LogP) is 0.458. The van der Waals surface area contributed by atoms with Crippen LogP contribution in [0.2, 0.25) is 0 Å². The van der Waals surface area contributed by atoms with Crippen molar-refractivity contribution in [2.24, 2.45) is 10.7 Å². The third kappa shape index (κ3) is 1.93. The highest BCUT2D eigenvalue weighted by atomic mass is 15.2. The van der Waals surface area contributed by atoms with Gasteiger partial charge in [0.2, 0.25) is 0 Å². The van der Waals surface area contributed by atoms with E-state index >= 15 is 0 Å². The van der Waals surface area contributed by atoms with Crippen molar-refractivity contribution in [1.29, 1.82) is 0 Å². The quantitative estimate of drug-likeness (QED) is 0.552. The Balaban J connectivity index is 2.66. The van der Waals surface area contributed by atoms with E-state index in [2.05, 4.69) is 23.9 Å². The van der Waals surface area contributed by atoms with E-state index in [-0.39, 0.29) is 5.54 Å². The summed E-state index contributed by atoms with van der Waals surface area (Å²) < 4.78 is 0. The lowest BCUT2D eigenvalue weighted by Crippen LogP contribution is -2.49.